The van der Waals surface area contributed by atoms with E-state index in [9.17, 15) is 13.2 Å². The molecule has 160 valence electrons. The van der Waals surface area contributed by atoms with Gasteiger partial charge in [-0.25, -0.2) is 17.9 Å². The first kappa shape index (κ1) is 22.0. The van der Waals surface area contributed by atoms with Crippen LogP contribution in [0.25, 0.3) is 16.9 Å². The lowest BCUT2D eigenvalue weighted by atomic mass is 10.1. The van der Waals surface area contributed by atoms with E-state index in [0.29, 0.717) is 39.6 Å². The summed E-state index contributed by atoms with van der Waals surface area (Å²) < 4.78 is 24.0. The molecule has 0 unspecified atom stereocenters. The average Bonchev–Trinajstić information content (AvgIpc) is 3.06. The largest absolute Gasteiger partial charge is 0.382 e. The van der Waals surface area contributed by atoms with Gasteiger partial charge in [0.05, 0.1) is 45.7 Å². The summed E-state index contributed by atoms with van der Waals surface area (Å²) in [6.07, 6.45) is 7.84. The second kappa shape index (κ2) is 8.97. The minimum atomic E-state index is -3.06. The Morgan fingerprint density at radius 2 is 2.00 bits per heavy atom. The molecule has 3 aromatic heterocycles. The second-order valence-electron chi connectivity index (χ2n) is 7.25. The van der Waals surface area contributed by atoms with E-state index in [2.05, 4.69) is 25.7 Å². The fraction of sp³-hybridized carbons (Fsp3) is 0.368. The summed E-state index contributed by atoms with van der Waals surface area (Å²) in [5.74, 6) is -0.302. The summed E-state index contributed by atoms with van der Waals surface area (Å²) in [7, 11) is -3.06. The van der Waals surface area contributed by atoms with E-state index in [0.717, 1.165) is 0 Å². The highest BCUT2D eigenvalue weighted by molar-refractivity contribution is 7.90. The molecule has 0 radical (unpaired) electrons. The number of aromatic nitrogens is 4. The highest BCUT2D eigenvalue weighted by Crippen LogP contribution is 2.27. The van der Waals surface area contributed by atoms with Crippen molar-refractivity contribution in [1.29, 1.82) is 0 Å². The molecule has 11 heteroatoms. The third-order valence-electron chi connectivity index (χ3n) is 4.17. The summed E-state index contributed by atoms with van der Waals surface area (Å²) in [6, 6.07) is 1.86. The Kier molecular flexibility index (Phi) is 6.57. The number of anilines is 1. The van der Waals surface area contributed by atoms with Gasteiger partial charge in [-0.05, 0) is 26.3 Å². The van der Waals surface area contributed by atoms with Gasteiger partial charge in [0, 0.05) is 31.2 Å². The van der Waals surface area contributed by atoms with Gasteiger partial charge in [-0.3, -0.25) is 9.78 Å². The summed E-state index contributed by atoms with van der Waals surface area (Å²) in [6.45, 7) is 4.19. The average molecular weight is 451 g/mol. The van der Waals surface area contributed by atoms with Crippen molar-refractivity contribution in [2.24, 2.45) is 0 Å². The Morgan fingerprint density at radius 1 is 1.23 bits per heavy atom. The smallest absolute Gasteiger partial charge is 0.254 e. The van der Waals surface area contributed by atoms with Gasteiger partial charge in [-0.2, -0.15) is 5.10 Å². The predicted octanol–water partition coefficient (Wildman–Crippen LogP) is 2.43. The van der Waals surface area contributed by atoms with Crippen LogP contribution < -0.4 is 10.6 Å². The molecule has 3 heterocycles. The van der Waals surface area contributed by atoms with Crippen LogP contribution in [0.1, 0.15) is 30.6 Å². The topological polar surface area (TPSA) is 118 Å². The number of nitrogens with zero attached hydrogens (tertiary/aromatic N) is 4. The van der Waals surface area contributed by atoms with Crippen molar-refractivity contribution in [3.8, 4) is 11.3 Å². The van der Waals surface area contributed by atoms with Gasteiger partial charge in [0.2, 0.25) is 0 Å². The molecule has 2 N–H and O–H groups in total. The molecule has 0 atom stereocenters. The Bertz CT molecular complexity index is 1180. The molecular weight excluding hydrogens is 428 g/mol. The van der Waals surface area contributed by atoms with Gasteiger partial charge >= 0.3 is 0 Å². The number of sulfone groups is 1. The lowest BCUT2D eigenvalue weighted by Gasteiger charge is -2.15. The van der Waals surface area contributed by atoms with E-state index in [4.69, 9.17) is 11.6 Å². The van der Waals surface area contributed by atoms with Crippen LogP contribution in [0, 0.1) is 0 Å². The lowest BCUT2D eigenvalue weighted by molar-refractivity contribution is 0.0954. The van der Waals surface area contributed by atoms with E-state index in [-0.39, 0.29) is 24.2 Å². The van der Waals surface area contributed by atoms with Crippen LogP contribution in [0.2, 0.25) is 5.02 Å². The molecule has 0 saturated heterocycles. The summed E-state index contributed by atoms with van der Waals surface area (Å²) in [5, 5.41) is 10.7. The third-order valence-corrected chi connectivity index (χ3v) is 5.40. The van der Waals surface area contributed by atoms with Crippen molar-refractivity contribution in [3.63, 3.8) is 0 Å². The van der Waals surface area contributed by atoms with Crippen molar-refractivity contribution in [2.45, 2.75) is 26.3 Å². The SMILES string of the molecule is CC(C)Nc1cc(-c2cnn3cc(Cl)cnc23)ncc1C(=O)NCCCS(C)(=O)=O. The number of carbonyl (C=O) groups is 1. The van der Waals surface area contributed by atoms with Crippen LogP contribution in [-0.4, -0.2) is 58.5 Å². The van der Waals surface area contributed by atoms with E-state index in [1.54, 1.807) is 23.0 Å². The highest BCUT2D eigenvalue weighted by Gasteiger charge is 2.17. The van der Waals surface area contributed by atoms with Crippen molar-refractivity contribution in [1.82, 2.24) is 24.9 Å². The Balaban J connectivity index is 1.87. The van der Waals surface area contributed by atoms with Crippen LogP contribution >= 0.6 is 11.6 Å². The minimum Gasteiger partial charge on any atom is -0.382 e. The van der Waals surface area contributed by atoms with Gasteiger partial charge in [0.25, 0.3) is 5.91 Å². The first-order valence-corrected chi connectivity index (χ1v) is 11.8. The van der Waals surface area contributed by atoms with Crippen molar-refractivity contribution in [2.75, 3.05) is 23.9 Å². The zero-order valence-corrected chi connectivity index (χ0v) is 18.5. The molecule has 3 rings (SSSR count). The first-order chi connectivity index (χ1) is 14.1. The number of carbonyl (C=O) groups excluding carboxylic acids is 1. The third kappa shape index (κ3) is 5.45. The maximum Gasteiger partial charge on any atom is 0.254 e. The monoisotopic (exact) mass is 450 g/mol. The Labute approximate surface area is 179 Å². The maximum atomic E-state index is 12.6. The molecule has 9 nitrogen and oxygen atoms in total. The Hall–Kier alpha value is -2.72. The second-order valence-corrected chi connectivity index (χ2v) is 9.95. The molecule has 0 aliphatic heterocycles. The lowest BCUT2D eigenvalue weighted by Crippen LogP contribution is -2.27. The molecule has 0 spiro atoms. The molecule has 0 aromatic carbocycles. The van der Waals surface area contributed by atoms with Gasteiger partial charge < -0.3 is 10.6 Å². The van der Waals surface area contributed by atoms with Crippen LogP contribution in [0.5, 0.6) is 0 Å². The fourth-order valence-electron chi connectivity index (χ4n) is 2.88. The van der Waals surface area contributed by atoms with Crippen LogP contribution in [0.4, 0.5) is 5.69 Å². The molecular formula is C19H23ClN6O3S. The predicted molar refractivity (Wildman–Crippen MR) is 117 cm³/mol. The van der Waals surface area contributed by atoms with Crippen LogP contribution in [0.3, 0.4) is 0 Å². The quantitative estimate of drug-likeness (QED) is 0.506. The molecule has 3 aromatic rings. The normalized spacial score (nSPS) is 11.8. The number of nitrogens with one attached hydrogen (secondary N) is 2. The van der Waals surface area contributed by atoms with Gasteiger partial charge in [-0.1, -0.05) is 11.6 Å². The van der Waals surface area contributed by atoms with Crippen LogP contribution in [0.15, 0.2) is 30.9 Å². The Morgan fingerprint density at radius 3 is 2.70 bits per heavy atom. The fourth-order valence-corrected chi connectivity index (χ4v) is 3.69. The van der Waals surface area contributed by atoms with Crippen molar-refractivity contribution in [3.05, 3.63) is 41.4 Å². The molecule has 0 aliphatic rings. The summed E-state index contributed by atoms with van der Waals surface area (Å²) >= 11 is 5.96. The molecule has 1 amide bonds. The van der Waals surface area contributed by atoms with Crippen molar-refractivity contribution >= 4 is 38.7 Å². The molecule has 30 heavy (non-hydrogen) atoms. The number of hydrogen-bond acceptors (Lipinski definition) is 7. The van der Waals surface area contributed by atoms with Crippen LogP contribution in [-0.2, 0) is 9.84 Å². The highest BCUT2D eigenvalue weighted by atomic mass is 35.5. The number of hydrogen-bond donors (Lipinski definition) is 2. The van der Waals surface area contributed by atoms with Gasteiger partial charge in [0.1, 0.15) is 9.84 Å². The molecule has 0 saturated carbocycles. The number of amides is 1. The maximum absolute atomic E-state index is 12.6. The summed E-state index contributed by atoms with van der Waals surface area (Å²) in [4.78, 5) is 21.4. The van der Waals surface area contributed by atoms with Gasteiger partial charge in [0.15, 0.2) is 5.65 Å². The number of rotatable bonds is 8. The molecule has 0 aliphatic carbocycles. The standard InChI is InChI=1S/C19H23ClN6O3S/c1-12(2)25-17-7-16(14-10-24-26-11-13(20)8-23-18(14)26)22-9-15(17)19(27)21-5-4-6-30(3,28)29/h7-12H,4-6H2,1-3H3,(H,21,27)(H,22,25). The zero-order chi connectivity index (χ0) is 21.9. The number of pyridine rings is 1. The van der Waals surface area contributed by atoms with E-state index >= 15 is 0 Å². The number of fused-ring (bicyclic) bond motifs is 1. The summed E-state index contributed by atoms with van der Waals surface area (Å²) in [5.41, 5.74) is 2.90. The van der Waals surface area contributed by atoms with E-state index < -0.39 is 9.84 Å². The number of halogens is 1. The zero-order valence-electron chi connectivity index (χ0n) is 16.9. The van der Waals surface area contributed by atoms with E-state index in [1.165, 1.54) is 18.6 Å². The minimum absolute atomic E-state index is 0.0211. The molecule has 0 fully saturated rings. The first-order valence-electron chi connectivity index (χ1n) is 9.36. The van der Waals surface area contributed by atoms with Gasteiger partial charge in [-0.15, -0.1) is 0 Å². The molecule has 0 bridgehead atoms. The van der Waals surface area contributed by atoms with Crippen molar-refractivity contribution < 1.29 is 13.2 Å². The van der Waals surface area contributed by atoms with E-state index in [1.807, 2.05) is 13.8 Å².